The van der Waals surface area contributed by atoms with Gasteiger partial charge in [0.15, 0.2) is 6.10 Å². The molecule has 0 aliphatic heterocycles. The summed E-state index contributed by atoms with van der Waals surface area (Å²) in [6.07, 6.45) is -0.657. The lowest BCUT2D eigenvalue weighted by molar-refractivity contribution is -0.492. The zero-order chi connectivity index (χ0) is 12.8. The molecule has 1 atom stereocenters. The van der Waals surface area contributed by atoms with Gasteiger partial charge in [0.05, 0.1) is 14.2 Å². The standard InChI is InChI=1S/C11H15NO5/c1-15-8-4-5-10(16-2)9(6-8)11(17-3)7-12(13)14/h4-6,11H,7H2,1-3H3. The fourth-order valence-corrected chi connectivity index (χ4v) is 1.53. The van der Waals surface area contributed by atoms with Crippen molar-refractivity contribution in [3.05, 3.63) is 33.9 Å². The number of nitrogens with zero attached hydrogens (tertiary/aromatic N) is 1. The van der Waals surface area contributed by atoms with Crippen molar-refractivity contribution in [3.63, 3.8) is 0 Å². The molecule has 0 aliphatic rings. The van der Waals surface area contributed by atoms with Gasteiger partial charge in [-0.05, 0) is 18.2 Å². The lowest BCUT2D eigenvalue weighted by atomic mass is 10.1. The molecule has 0 bridgehead atoms. The Morgan fingerprint density at radius 1 is 1.29 bits per heavy atom. The second-order valence-electron chi connectivity index (χ2n) is 3.35. The average Bonchev–Trinajstić information content (AvgIpc) is 2.34. The highest BCUT2D eigenvalue weighted by Crippen LogP contribution is 2.31. The second-order valence-corrected chi connectivity index (χ2v) is 3.35. The van der Waals surface area contributed by atoms with E-state index >= 15 is 0 Å². The molecule has 1 rings (SSSR count). The van der Waals surface area contributed by atoms with Crippen LogP contribution in [0.15, 0.2) is 18.2 Å². The fourth-order valence-electron chi connectivity index (χ4n) is 1.53. The van der Waals surface area contributed by atoms with Crippen LogP contribution in [-0.2, 0) is 4.74 Å². The Morgan fingerprint density at radius 3 is 2.47 bits per heavy atom. The predicted molar refractivity (Wildman–Crippen MR) is 61.2 cm³/mol. The van der Waals surface area contributed by atoms with Crippen LogP contribution in [0.4, 0.5) is 0 Å². The molecule has 0 saturated heterocycles. The van der Waals surface area contributed by atoms with Gasteiger partial charge >= 0.3 is 0 Å². The monoisotopic (exact) mass is 241 g/mol. The quantitative estimate of drug-likeness (QED) is 0.559. The number of rotatable bonds is 6. The lowest BCUT2D eigenvalue weighted by Gasteiger charge is -2.16. The van der Waals surface area contributed by atoms with Crippen molar-refractivity contribution in [2.75, 3.05) is 27.9 Å². The Labute approximate surface area is 99.2 Å². The van der Waals surface area contributed by atoms with Crippen LogP contribution in [0.3, 0.4) is 0 Å². The molecule has 0 amide bonds. The summed E-state index contributed by atoms with van der Waals surface area (Å²) in [5.74, 6) is 1.14. The van der Waals surface area contributed by atoms with E-state index in [2.05, 4.69) is 0 Å². The second kappa shape index (κ2) is 6.05. The Hall–Kier alpha value is -1.82. The molecule has 0 radical (unpaired) electrons. The molecule has 0 aromatic heterocycles. The first-order chi connectivity index (χ1) is 8.12. The molecule has 0 heterocycles. The van der Waals surface area contributed by atoms with Crippen LogP contribution in [0, 0.1) is 10.1 Å². The Kier molecular flexibility index (Phi) is 4.71. The smallest absolute Gasteiger partial charge is 0.233 e. The van der Waals surface area contributed by atoms with Crippen molar-refractivity contribution in [2.24, 2.45) is 0 Å². The molecule has 0 saturated carbocycles. The fraction of sp³-hybridized carbons (Fsp3) is 0.455. The molecule has 0 fully saturated rings. The first-order valence-electron chi connectivity index (χ1n) is 4.99. The van der Waals surface area contributed by atoms with Gasteiger partial charge in [-0.3, -0.25) is 10.1 Å². The third-order valence-electron chi connectivity index (χ3n) is 2.38. The van der Waals surface area contributed by atoms with Crippen LogP contribution >= 0.6 is 0 Å². The molecular formula is C11H15NO5. The molecule has 0 aliphatic carbocycles. The average molecular weight is 241 g/mol. The van der Waals surface area contributed by atoms with E-state index in [1.807, 2.05) is 0 Å². The van der Waals surface area contributed by atoms with Gasteiger partial charge in [0.25, 0.3) is 0 Å². The number of nitro groups is 1. The van der Waals surface area contributed by atoms with Crippen LogP contribution in [0.5, 0.6) is 11.5 Å². The highest BCUT2D eigenvalue weighted by atomic mass is 16.6. The number of benzene rings is 1. The van der Waals surface area contributed by atoms with E-state index in [9.17, 15) is 10.1 Å². The molecule has 1 aromatic rings. The van der Waals surface area contributed by atoms with E-state index in [1.54, 1.807) is 18.2 Å². The minimum atomic E-state index is -0.657. The van der Waals surface area contributed by atoms with Gasteiger partial charge in [-0.2, -0.15) is 0 Å². The van der Waals surface area contributed by atoms with Crippen molar-refractivity contribution in [2.45, 2.75) is 6.10 Å². The highest BCUT2D eigenvalue weighted by molar-refractivity contribution is 5.41. The zero-order valence-corrected chi connectivity index (χ0v) is 10.0. The number of ether oxygens (including phenoxy) is 3. The third kappa shape index (κ3) is 3.32. The lowest BCUT2D eigenvalue weighted by Crippen LogP contribution is -2.15. The van der Waals surface area contributed by atoms with E-state index in [-0.39, 0.29) is 6.54 Å². The predicted octanol–water partition coefficient (Wildman–Crippen LogP) is 1.67. The van der Waals surface area contributed by atoms with Crippen LogP contribution in [0.25, 0.3) is 0 Å². The summed E-state index contributed by atoms with van der Waals surface area (Å²) in [6, 6.07) is 5.10. The van der Waals surface area contributed by atoms with Gasteiger partial charge in [-0.25, -0.2) is 0 Å². The maximum atomic E-state index is 10.5. The molecule has 94 valence electrons. The normalized spacial score (nSPS) is 11.9. The van der Waals surface area contributed by atoms with Crippen molar-refractivity contribution in [1.82, 2.24) is 0 Å². The zero-order valence-electron chi connectivity index (χ0n) is 10.0. The maximum Gasteiger partial charge on any atom is 0.233 e. The first-order valence-corrected chi connectivity index (χ1v) is 4.99. The SMILES string of the molecule is COc1ccc(OC)c(C(C[N+](=O)[O-])OC)c1. The van der Waals surface area contributed by atoms with Crippen LogP contribution in [-0.4, -0.2) is 32.8 Å². The molecular weight excluding hydrogens is 226 g/mol. The Balaban J connectivity index is 3.09. The van der Waals surface area contributed by atoms with Gasteiger partial charge in [-0.15, -0.1) is 0 Å². The van der Waals surface area contributed by atoms with E-state index in [0.717, 1.165) is 0 Å². The summed E-state index contributed by atoms with van der Waals surface area (Å²) in [7, 11) is 4.46. The molecule has 6 heteroatoms. The van der Waals surface area contributed by atoms with Crippen LogP contribution < -0.4 is 9.47 Å². The summed E-state index contributed by atoms with van der Waals surface area (Å²) in [5, 5.41) is 10.5. The minimum absolute atomic E-state index is 0.319. The van der Waals surface area contributed by atoms with E-state index in [4.69, 9.17) is 14.2 Å². The maximum absolute atomic E-state index is 10.5. The van der Waals surface area contributed by atoms with Gasteiger partial charge in [-0.1, -0.05) is 0 Å². The van der Waals surface area contributed by atoms with Crippen molar-refractivity contribution in [3.8, 4) is 11.5 Å². The molecule has 1 unspecified atom stereocenters. The number of hydrogen-bond donors (Lipinski definition) is 0. The summed E-state index contributed by atoms with van der Waals surface area (Å²) in [5.41, 5.74) is 0.603. The van der Waals surface area contributed by atoms with Crippen molar-refractivity contribution >= 4 is 0 Å². The van der Waals surface area contributed by atoms with Gasteiger partial charge < -0.3 is 14.2 Å². The Morgan fingerprint density at radius 2 is 2.00 bits per heavy atom. The summed E-state index contributed by atoms with van der Waals surface area (Å²) in [6.45, 7) is -0.319. The largest absolute Gasteiger partial charge is 0.497 e. The molecule has 17 heavy (non-hydrogen) atoms. The minimum Gasteiger partial charge on any atom is -0.497 e. The number of hydrogen-bond acceptors (Lipinski definition) is 5. The van der Waals surface area contributed by atoms with Gasteiger partial charge in [0.2, 0.25) is 6.54 Å². The highest BCUT2D eigenvalue weighted by Gasteiger charge is 2.21. The summed E-state index contributed by atoms with van der Waals surface area (Å²) >= 11 is 0. The number of methoxy groups -OCH3 is 3. The molecule has 0 N–H and O–H groups in total. The molecule has 6 nitrogen and oxygen atoms in total. The van der Waals surface area contributed by atoms with Crippen LogP contribution in [0.2, 0.25) is 0 Å². The van der Waals surface area contributed by atoms with E-state index in [1.165, 1.54) is 21.3 Å². The third-order valence-corrected chi connectivity index (χ3v) is 2.38. The molecule has 1 aromatic carbocycles. The van der Waals surface area contributed by atoms with Crippen LogP contribution in [0.1, 0.15) is 11.7 Å². The van der Waals surface area contributed by atoms with E-state index < -0.39 is 11.0 Å². The van der Waals surface area contributed by atoms with Gasteiger partial charge in [0.1, 0.15) is 11.5 Å². The topological polar surface area (TPSA) is 70.8 Å². The summed E-state index contributed by atoms with van der Waals surface area (Å²) in [4.78, 5) is 10.1. The van der Waals surface area contributed by atoms with Crippen molar-refractivity contribution in [1.29, 1.82) is 0 Å². The first kappa shape index (κ1) is 13.2. The Bertz CT molecular complexity index is 393. The summed E-state index contributed by atoms with van der Waals surface area (Å²) < 4.78 is 15.3. The molecule has 0 spiro atoms. The van der Waals surface area contributed by atoms with Gasteiger partial charge in [0, 0.05) is 17.6 Å². The van der Waals surface area contributed by atoms with Crippen molar-refractivity contribution < 1.29 is 19.1 Å². The van der Waals surface area contributed by atoms with E-state index in [0.29, 0.717) is 17.1 Å².